The van der Waals surface area contributed by atoms with E-state index in [2.05, 4.69) is 5.10 Å². The van der Waals surface area contributed by atoms with Crippen molar-refractivity contribution in [1.82, 2.24) is 9.80 Å². The molecule has 1 unspecified atom stereocenters. The summed E-state index contributed by atoms with van der Waals surface area (Å²) < 4.78 is 11.0. The number of amides is 1. The van der Waals surface area contributed by atoms with Crippen molar-refractivity contribution in [3.05, 3.63) is 45.0 Å². The molecular formula is C18H23ClN4O5. The molecule has 0 N–H and O–H groups in total. The van der Waals surface area contributed by atoms with Crippen molar-refractivity contribution >= 4 is 23.7 Å². The minimum absolute atomic E-state index is 0.00537. The Morgan fingerprint density at radius 3 is 2.89 bits per heavy atom. The molecule has 0 bridgehead atoms. The van der Waals surface area contributed by atoms with Crippen LogP contribution in [0.1, 0.15) is 25.8 Å². The lowest BCUT2D eigenvalue weighted by molar-refractivity contribution is -0.486. The predicted molar refractivity (Wildman–Crippen MR) is 102 cm³/mol. The Hall–Kier alpha value is -2.39. The molecule has 0 spiro atoms. The number of guanidine groups is 1. The molecule has 1 atom stereocenters. The standard InChI is InChI=1S/C18H23ClN4O5/c1-18(2)9-14(12-28-18)10-21-6-7-22(16(21)20-23(25)26)17(24)27-11-13-4-3-5-15(19)8-13/h3-5,8,14H,6-7,9-12H2,1-2H3. The van der Waals surface area contributed by atoms with Crippen LogP contribution < -0.4 is 0 Å². The van der Waals surface area contributed by atoms with Crippen molar-refractivity contribution in [2.24, 2.45) is 11.0 Å². The second-order valence-corrected chi connectivity index (χ2v) is 8.00. The summed E-state index contributed by atoms with van der Waals surface area (Å²) in [6.45, 7) is 5.90. The van der Waals surface area contributed by atoms with Gasteiger partial charge in [0.15, 0.2) is 5.03 Å². The van der Waals surface area contributed by atoms with Gasteiger partial charge in [0, 0.05) is 24.0 Å². The number of nitro groups is 1. The van der Waals surface area contributed by atoms with E-state index in [0.29, 0.717) is 24.7 Å². The number of hydrogen-bond acceptors (Lipinski definition) is 5. The van der Waals surface area contributed by atoms with Crippen LogP contribution >= 0.6 is 11.6 Å². The normalized spacial score (nSPS) is 22.7. The maximum Gasteiger partial charge on any atom is 0.417 e. The number of ether oxygens (including phenoxy) is 2. The number of benzene rings is 1. The van der Waals surface area contributed by atoms with Gasteiger partial charge in [0.1, 0.15) is 11.7 Å². The first-order chi connectivity index (χ1) is 13.2. The van der Waals surface area contributed by atoms with Gasteiger partial charge in [-0.1, -0.05) is 23.7 Å². The van der Waals surface area contributed by atoms with E-state index >= 15 is 0 Å². The van der Waals surface area contributed by atoms with Gasteiger partial charge in [0.25, 0.3) is 5.96 Å². The van der Waals surface area contributed by atoms with Gasteiger partial charge in [0.2, 0.25) is 0 Å². The summed E-state index contributed by atoms with van der Waals surface area (Å²) in [4.78, 5) is 26.4. The molecule has 1 amide bonds. The molecule has 0 aromatic heterocycles. The quantitative estimate of drug-likeness (QED) is 0.546. The van der Waals surface area contributed by atoms with E-state index in [4.69, 9.17) is 21.1 Å². The highest BCUT2D eigenvalue weighted by molar-refractivity contribution is 6.30. The number of hydrogen-bond donors (Lipinski definition) is 0. The number of rotatable bonds is 5. The lowest BCUT2D eigenvalue weighted by Gasteiger charge is -2.22. The Morgan fingerprint density at radius 2 is 2.25 bits per heavy atom. The van der Waals surface area contributed by atoms with E-state index < -0.39 is 11.1 Å². The zero-order valence-corrected chi connectivity index (χ0v) is 16.6. The highest BCUT2D eigenvalue weighted by Crippen LogP contribution is 2.30. The summed E-state index contributed by atoms with van der Waals surface area (Å²) in [6.07, 6.45) is 0.167. The van der Waals surface area contributed by atoms with Gasteiger partial charge in [-0.05, 0) is 38.0 Å². The van der Waals surface area contributed by atoms with Crippen LogP contribution in [0, 0.1) is 16.0 Å². The molecule has 2 aliphatic rings. The smallest absolute Gasteiger partial charge is 0.417 e. The maximum absolute atomic E-state index is 12.5. The molecule has 0 saturated carbocycles. The van der Waals surface area contributed by atoms with Gasteiger partial charge < -0.3 is 14.4 Å². The van der Waals surface area contributed by atoms with Crippen LogP contribution in [0.4, 0.5) is 4.79 Å². The molecule has 1 aromatic rings. The molecule has 2 aliphatic heterocycles. The third-order valence-corrected chi connectivity index (χ3v) is 4.96. The first-order valence-electron chi connectivity index (χ1n) is 9.04. The lowest BCUT2D eigenvalue weighted by Crippen LogP contribution is -2.40. The summed E-state index contributed by atoms with van der Waals surface area (Å²) in [7, 11) is 0. The SMILES string of the molecule is CC1(C)CC(CN2CCN(C(=O)OCc3cccc(Cl)c3)C2=N[N+](=O)[O-])CO1. The fourth-order valence-corrected chi connectivity index (χ4v) is 3.78. The van der Waals surface area contributed by atoms with Crippen molar-refractivity contribution in [2.75, 3.05) is 26.2 Å². The fourth-order valence-electron chi connectivity index (χ4n) is 3.56. The molecule has 2 fully saturated rings. The largest absolute Gasteiger partial charge is 0.444 e. The molecule has 9 nitrogen and oxygen atoms in total. The lowest BCUT2D eigenvalue weighted by atomic mass is 9.97. The van der Waals surface area contributed by atoms with Crippen LogP contribution in [-0.2, 0) is 16.1 Å². The molecule has 152 valence electrons. The van der Waals surface area contributed by atoms with Crippen LogP contribution in [0.2, 0.25) is 5.02 Å². The summed E-state index contributed by atoms with van der Waals surface area (Å²) in [5.41, 5.74) is 0.524. The van der Waals surface area contributed by atoms with Gasteiger partial charge in [-0.25, -0.2) is 19.8 Å². The Kier molecular flexibility index (Phi) is 6.04. The zero-order chi connectivity index (χ0) is 20.3. The highest BCUT2D eigenvalue weighted by Gasteiger charge is 2.39. The summed E-state index contributed by atoms with van der Waals surface area (Å²) in [6, 6.07) is 6.96. The van der Waals surface area contributed by atoms with Crippen molar-refractivity contribution < 1.29 is 19.3 Å². The average Bonchev–Trinajstić information content (AvgIpc) is 3.15. The molecule has 10 heteroatoms. The maximum atomic E-state index is 12.5. The van der Waals surface area contributed by atoms with E-state index in [1.165, 1.54) is 4.90 Å². The second kappa shape index (κ2) is 8.32. The van der Waals surface area contributed by atoms with Gasteiger partial charge in [-0.3, -0.25) is 0 Å². The van der Waals surface area contributed by atoms with E-state index in [-0.39, 0.29) is 30.6 Å². The second-order valence-electron chi connectivity index (χ2n) is 7.56. The molecule has 3 rings (SSSR count). The Labute approximate surface area is 168 Å². The molecule has 0 radical (unpaired) electrons. The molecule has 28 heavy (non-hydrogen) atoms. The summed E-state index contributed by atoms with van der Waals surface area (Å²) in [5, 5.41) is 14.2. The van der Waals surface area contributed by atoms with E-state index in [1.54, 1.807) is 29.2 Å². The van der Waals surface area contributed by atoms with Crippen molar-refractivity contribution in [2.45, 2.75) is 32.5 Å². The topological polar surface area (TPSA) is 97.5 Å². The van der Waals surface area contributed by atoms with Gasteiger partial charge >= 0.3 is 6.09 Å². The summed E-state index contributed by atoms with van der Waals surface area (Å²) >= 11 is 5.93. The molecule has 2 saturated heterocycles. The Balaban J connectivity index is 1.65. The molecular weight excluding hydrogens is 388 g/mol. The summed E-state index contributed by atoms with van der Waals surface area (Å²) in [5.74, 6) is 0.222. The van der Waals surface area contributed by atoms with E-state index in [0.717, 1.165) is 12.0 Å². The van der Waals surface area contributed by atoms with Crippen molar-refractivity contribution in [3.8, 4) is 0 Å². The van der Waals surface area contributed by atoms with E-state index in [9.17, 15) is 14.9 Å². The monoisotopic (exact) mass is 410 g/mol. The van der Waals surface area contributed by atoms with Crippen molar-refractivity contribution in [3.63, 3.8) is 0 Å². The minimum atomic E-state index is -0.792. The number of hydrazone groups is 1. The first-order valence-corrected chi connectivity index (χ1v) is 9.42. The van der Waals surface area contributed by atoms with Crippen LogP contribution in [0.5, 0.6) is 0 Å². The van der Waals surface area contributed by atoms with Gasteiger partial charge in [0.05, 0.1) is 18.8 Å². The Morgan fingerprint density at radius 1 is 1.46 bits per heavy atom. The molecule has 2 heterocycles. The van der Waals surface area contributed by atoms with Crippen LogP contribution in [-0.4, -0.2) is 58.7 Å². The van der Waals surface area contributed by atoms with Gasteiger partial charge in [-0.15, -0.1) is 0 Å². The van der Waals surface area contributed by atoms with Gasteiger partial charge in [-0.2, -0.15) is 0 Å². The van der Waals surface area contributed by atoms with E-state index in [1.807, 2.05) is 13.8 Å². The zero-order valence-electron chi connectivity index (χ0n) is 15.8. The first kappa shape index (κ1) is 20.3. The molecule has 1 aromatic carbocycles. The van der Waals surface area contributed by atoms with Crippen LogP contribution in [0.15, 0.2) is 29.4 Å². The molecule has 0 aliphatic carbocycles. The number of nitrogens with zero attached hydrogens (tertiary/aromatic N) is 4. The Bertz CT molecular complexity index is 785. The van der Waals surface area contributed by atoms with Crippen molar-refractivity contribution in [1.29, 1.82) is 0 Å². The third kappa shape index (κ3) is 5.11. The number of carbonyl (C=O) groups is 1. The third-order valence-electron chi connectivity index (χ3n) is 4.73. The average molecular weight is 411 g/mol. The number of halogens is 1. The predicted octanol–water partition coefficient (Wildman–Crippen LogP) is 2.96. The minimum Gasteiger partial charge on any atom is -0.444 e. The van der Waals surface area contributed by atoms with Crippen LogP contribution in [0.25, 0.3) is 0 Å². The number of carbonyl (C=O) groups excluding carboxylic acids is 1. The van der Waals surface area contributed by atoms with Crippen LogP contribution in [0.3, 0.4) is 0 Å². The fraction of sp³-hybridized carbons (Fsp3) is 0.556. The highest BCUT2D eigenvalue weighted by atomic mass is 35.5.